The summed E-state index contributed by atoms with van der Waals surface area (Å²) in [5, 5.41) is 0. The highest BCUT2D eigenvalue weighted by molar-refractivity contribution is 6.05. The fourth-order valence-electron chi connectivity index (χ4n) is 9.05. The second-order valence-electron chi connectivity index (χ2n) is 12.6. The zero-order valence-electron chi connectivity index (χ0n) is 21.0. The Morgan fingerprint density at radius 3 is 2.42 bits per heavy atom. The number of fused-ring (bicyclic) bond motifs is 5. The Morgan fingerprint density at radius 2 is 1.74 bits per heavy atom. The van der Waals surface area contributed by atoms with Gasteiger partial charge in [0.05, 0.1) is 0 Å². The normalized spacial score (nSPS) is 42.0. The highest BCUT2D eigenvalue weighted by atomic mass is 16.1. The highest BCUT2D eigenvalue weighted by Crippen LogP contribution is 2.67. The molecule has 3 saturated carbocycles. The Morgan fingerprint density at radius 1 is 1.00 bits per heavy atom. The highest BCUT2D eigenvalue weighted by Gasteiger charge is 2.61. The van der Waals surface area contributed by atoms with Gasteiger partial charge in [0.25, 0.3) is 0 Å². The fraction of sp³-hybridized carbons (Fsp3) is 0.862. The molecule has 31 heavy (non-hydrogen) atoms. The van der Waals surface area contributed by atoms with Gasteiger partial charge in [0.15, 0.2) is 11.6 Å². The lowest BCUT2D eigenvalue weighted by molar-refractivity contribution is -0.131. The van der Waals surface area contributed by atoms with Gasteiger partial charge in [-0.15, -0.1) is 0 Å². The molecule has 4 rings (SSSR count). The third-order valence-electron chi connectivity index (χ3n) is 11.0. The average molecular weight is 427 g/mol. The van der Waals surface area contributed by atoms with Crippen molar-refractivity contribution in [2.75, 3.05) is 0 Å². The molecule has 0 aromatic heterocycles. The van der Waals surface area contributed by atoms with Crippen molar-refractivity contribution < 1.29 is 9.59 Å². The van der Waals surface area contributed by atoms with E-state index in [-0.39, 0.29) is 11.2 Å². The van der Waals surface area contributed by atoms with Crippen molar-refractivity contribution >= 4 is 11.6 Å². The van der Waals surface area contributed by atoms with Crippen LogP contribution in [-0.4, -0.2) is 11.6 Å². The van der Waals surface area contributed by atoms with Gasteiger partial charge < -0.3 is 0 Å². The van der Waals surface area contributed by atoms with Crippen LogP contribution < -0.4 is 0 Å². The SMILES string of the molecule is CCC(CCC(C)[C@H]1CC[C@H]2[C@@H]3CC(=O)C4=CC(=O)CC[C@]4(C)[C@H]3CC[C@]12C)C(C)C. The van der Waals surface area contributed by atoms with Gasteiger partial charge in [-0.1, -0.05) is 54.4 Å². The summed E-state index contributed by atoms with van der Waals surface area (Å²) in [7, 11) is 0. The number of allylic oxidation sites excluding steroid dienone is 1. The first kappa shape index (κ1) is 23.2. The summed E-state index contributed by atoms with van der Waals surface area (Å²) in [6, 6.07) is 0. The molecule has 0 heterocycles. The molecule has 4 aliphatic rings. The van der Waals surface area contributed by atoms with E-state index in [0.717, 1.165) is 35.7 Å². The van der Waals surface area contributed by atoms with Gasteiger partial charge in [0.1, 0.15) is 0 Å². The van der Waals surface area contributed by atoms with Crippen LogP contribution in [0.4, 0.5) is 0 Å². The number of ketones is 2. The van der Waals surface area contributed by atoms with Crippen molar-refractivity contribution in [1.82, 2.24) is 0 Å². The summed E-state index contributed by atoms with van der Waals surface area (Å²) in [5.41, 5.74) is 1.24. The van der Waals surface area contributed by atoms with Gasteiger partial charge in [-0.3, -0.25) is 9.59 Å². The molecule has 0 aromatic carbocycles. The molecule has 0 aliphatic heterocycles. The van der Waals surface area contributed by atoms with E-state index in [2.05, 4.69) is 41.5 Å². The van der Waals surface area contributed by atoms with Gasteiger partial charge in [-0.25, -0.2) is 0 Å². The van der Waals surface area contributed by atoms with E-state index in [1.165, 1.54) is 44.9 Å². The second-order valence-corrected chi connectivity index (χ2v) is 12.6. The number of hydrogen-bond donors (Lipinski definition) is 0. The minimum absolute atomic E-state index is 0.0510. The number of Topliss-reactive ketones (excluding diaryl/α,β-unsaturated/α-hetero) is 1. The van der Waals surface area contributed by atoms with Crippen LogP contribution in [0.15, 0.2) is 11.6 Å². The maximum absolute atomic E-state index is 13.2. The molecule has 2 heteroatoms. The summed E-state index contributed by atoms with van der Waals surface area (Å²) >= 11 is 0. The second kappa shape index (κ2) is 8.45. The van der Waals surface area contributed by atoms with Crippen LogP contribution in [0.2, 0.25) is 0 Å². The summed E-state index contributed by atoms with van der Waals surface area (Å²) < 4.78 is 0. The first-order valence-electron chi connectivity index (χ1n) is 13.4. The zero-order chi connectivity index (χ0) is 22.6. The smallest absolute Gasteiger partial charge is 0.159 e. The van der Waals surface area contributed by atoms with Crippen molar-refractivity contribution in [1.29, 1.82) is 0 Å². The summed E-state index contributed by atoms with van der Waals surface area (Å²) in [4.78, 5) is 25.3. The van der Waals surface area contributed by atoms with Crippen molar-refractivity contribution in [3.63, 3.8) is 0 Å². The largest absolute Gasteiger partial charge is 0.295 e. The minimum atomic E-state index is -0.0510. The Balaban J connectivity index is 1.52. The van der Waals surface area contributed by atoms with Gasteiger partial charge in [0.2, 0.25) is 0 Å². The molecule has 0 aromatic rings. The van der Waals surface area contributed by atoms with E-state index in [9.17, 15) is 9.59 Å². The predicted octanol–water partition coefficient (Wildman–Crippen LogP) is 7.41. The van der Waals surface area contributed by atoms with Gasteiger partial charge in [-0.2, -0.15) is 0 Å². The van der Waals surface area contributed by atoms with Crippen LogP contribution in [0.1, 0.15) is 106 Å². The van der Waals surface area contributed by atoms with Crippen molar-refractivity contribution in [3.8, 4) is 0 Å². The molecule has 8 atom stereocenters. The van der Waals surface area contributed by atoms with Crippen LogP contribution in [0.3, 0.4) is 0 Å². The Kier molecular flexibility index (Phi) is 6.34. The van der Waals surface area contributed by atoms with Crippen LogP contribution >= 0.6 is 0 Å². The van der Waals surface area contributed by atoms with Crippen molar-refractivity contribution in [2.45, 2.75) is 106 Å². The topological polar surface area (TPSA) is 34.1 Å². The minimum Gasteiger partial charge on any atom is -0.295 e. The van der Waals surface area contributed by atoms with E-state index in [4.69, 9.17) is 0 Å². The number of carbonyl (C=O) groups excluding carboxylic acids is 2. The third-order valence-corrected chi connectivity index (χ3v) is 11.0. The zero-order valence-corrected chi connectivity index (χ0v) is 21.0. The summed E-state index contributed by atoms with van der Waals surface area (Å²) in [6.07, 6.45) is 13.2. The van der Waals surface area contributed by atoms with Gasteiger partial charge >= 0.3 is 0 Å². The van der Waals surface area contributed by atoms with Gasteiger partial charge in [0, 0.05) is 18.4 Å². The molecule has 4 aliphatic carbocycles. The third kappa shape index (κ3) is 3.78. The monoisotopic (exact) mass is 426 g/mol. The Hall–Kier alpha value is -0.920. The quantitative estimate of drug-likeness (QED) is 0.443. The number of rotatable bonds is 6. The van der Waals surface area contributed by atoms with E-state index in [1.807, 2.05) is 0 Å². The number of carbonyl (C=O) groups is 2. The van der Waals surface area contributed by atoms with Crippen LogP contribution in [0.5, 0.6) is 0 Å². The molecule has 0 bridgehead atoms. The first-order valence-corrected chi connectivity index (χ1v) is 13.4. The predicted molar refractivity (Wildman–Crippen MR) is 128 cm³/mol. The molecular formula is C29H46O2. The van der Waals surface area contributed by atoms with E-state index in [0.29, 0.717) is 41.8 Å². The molecule has 0 N–H and O–H groups in total. The number of hydrogen-bond acceptors (Lipinski definition) is 2. The lowest BCUT2D eigenvalue weighted by Gasteiger charge is -2.57. The average Bonchev–Trinajstić information content (AvgIpc) is 3.07. The molecule has 174 valence electrons. The molecule has 0 radical (unpaired) electrons. The maximum Gasteiger partial charge on any atom is 0.159 e. The van der Waals surface area contributed by atoms with E-state index < -0.39 is 0 Å². The van der Waals surface area contributed by atoms with Crippen molar-refractivity contribution in [3.05, 3.63) is 11.6 Å². The Labute approximate surface area is 191 Å². The van der Waals surface area contributed by atoms with E-state index in [1.54, 1.807) is 6.08 Å². The first-order chi connectivity index (χ1) is 14.6. The lowest BCUT2D eigenvalue weighted by atomic mass is 9.46. The molecule has 2 unspecified atom stereocenters. The van der Waals surface area contributed by atoms with Crippen LogP contribution in [0.25, 0.3) is 0 Å². The maximum atomic E-state index is 13.2. The lowest BCUT2D eigenvalue weighted by Crippen LogP contribution is -2.53. The van der Waals surface area contributed by atoms with E-state index >= 15 is 0 Å². The molecule has 0 spiro atoms. The van der Waals surface area contributed by atoms with Crippen LogP contribution in [0, 0.1) is 52.3 Å². The molecule has 0 saturated heterocycles. The summed E-state index contributed by atoms with van der Waals surface area (Å²) in [5.74, 6) is 5.55. The molecule has 2 nitrogen and oxygen atoms in total. The standard InChI is InChI=1S/C29H46O2/c1-7-20(18(2)3)9-8-19(4)23-10-11-24-22-17-27(31)26-16-21(30)12-14-29(26,6)25(22)13-15-28(23,24)5/h16,18-20,22-25H,7-15,17H2,1-6H3/t19?,20?,22-,23+,24-,25-,28+,29+/m0/s1. The van der Waals surface area contributed by atoms with Gasteiger partial charge in [-0.05, 0) is 96.9 Å². The molecule has 0 amide bonds. The summed E-state index contributed by atoms with van der Waals surface area (Å²) in [6.45, 7) is 14.5. The molecular weight excluding hydrogens is 380 g/mol. The molecule has 3 fully saturated rings. The van der Waals surface area contributed by atoms with Crippen LogP contribution in [-0.2, 0) is 9.59 Å². The Bertz CT molecular complexity index is 748. The van der Waals surface area contributed by atoms with Crippen molar-refractivity contribution in [2.24, 2.45) is 52.3 Å². The fourth-order valence-corrected chi connectivity index (χ4v) is 9.05.